The summed E-state index contributed by atoms with van der Waals surface area (Å²) >= 11 is 7.61. The molecule has 1 saturated heterocycles. The summed E-state index contributed by atoms with van der Waals surface area (Å²) in [6.45, 7) is 3.38. The third kappa shape index (κ3) is 8.79. The second-order valence-electron chi connectivity index (χ2n) is 11.8. The fourth-order valence-electron chi connectivity index (χ4n) is 5.70. The monoisotopic (exact) mass is 745 g/mol. The second-order valence-corrected chi connectivity index (χ2v) is 14.6. The number of hydrogen-bond acceptors (Lipinski definition) is 8. The topological polar surface area (TPSA) is 105 Å². The number of alkyl halides is 3. The molecule has 0 saturated carbocycles. The summed E-state index contributed by atoms with van der Waals surface area (Å²) in [6, 6.07) is 15.2. The molecule has 3 aromatic carbocycles. The van der Waals surface area contributed by atoms with E-state index < -0.39 is 32.5 Å². The van der Waals surface area contributed by atoms with Crippen molar-refractivity contribution in [2.75, 3.05) is 24.4 Å². The molecule has 15 heteroatoms. The Bertz CT molecular complexity index is 2060. The molecule has 6 rings (SSSR count). The van der Waals surface area contributed by atoms with Crippen LogP contribution in [-0.4, -0.2) is 38.0 Å². The number of pyridine rings is 1. The maximum Gasteiger partial charge on any atom is 0.416 e. The summed E-state index contributed by atoms with van der Waals surface area (Å²) in [4.78, 5) is 7.66. The van der Waals surface area contributed by atoms with E-state index in [0.29, 0.717) is 34.7 Å². The molecule has 0 radical (unpaired) electrons. The number of benzene rings is 3. The van der Waals surface area contributed by atoms with E-state index >= 15 is 4.39 Å². The first-order valence-corrected chi connectivity index (χ1v) is 18.5. The number of rotatable bonds is 12. The van der Waals surface area contributed by atoms with Gasteiger partial charge in [0, 0.05) is 29.8 Å². The van der Waals surface area contributed by atoms with Gasteiger partial charge in [-0.1, -0.05) is 29.8 Å². The number of halogens is 5. The largest absolute Gasteiger partial charge is 0.455 e. The zero-order chi connectivity index (χ0) is 35.3. The third-order valence-corrected chi connectivity index (χ3v) is 10.5. The summed E-state index contributed by atoms with van der Waals surface area (Å²) in [5.74, 6) is -0.379. The molecule has 262 valence electrons. The van der Waals surface area contributed by atoms with Gasteiger partial charge in [-0.15, -0.1) is 11.3 Å². The Kier molecular flexibility index (Phi) is 11.0. The minimum atomic E-state index is -4.53. The zero-order valence-electron chi connectivity index (χ0n) is 26.4. The van der Waals surface area contributed by atoms with Crippen molar-refractivity contribution in [1.82, 2.24) is 20.6 Å². The Balaban J connectivity index is 1.31. The van der Waals surface area contributed by atoms with Crippen LogP contribution >= 0.6 is 22.9 Å². The van der Waals surface area contributed by atoms with Crippen LogP contribution in [0.25, 0.3) is 22.3 Å². The number of nitrogens with one attached hydrogen (secondary N) is 3. The molecule has 0 bridgehead atoms. The number of aromatic nitrogens is 2. The summed E-state index contributed by atoms with van der Waals surface area (Å²) in [5, 5.41) is 8.08. The second kappa shape index (κ2) is 15.4. The van der Waals surface area contributed by atoms with Crippen LogP contribution in [0.4, 0.5) is 23.4 Å². The molecule has 0 spiro atoms. The number of anilines is 1. The summed E-state index contributed by atoms with van der Waals surface area (Å²) in [7, 11) is -4.37. The molecule has 5 aromatic rings. The standard InChI is InChI=1S/C35H32ClF4N5O3S2/c36-29-17-33(50(46,47)45-34-20-49-21-44-34)30(37)18-32(29)48-31-5-4-24(23-2-1-3-26(14-23)35(38,39)40)16-28(31)25-9-13-43-27(15-25)19-42-12-8-22-6-10-41-11-7-22/h1-5,9,13-18,20-22,41-42,45H,6-8,10-12,19H2. The predicted octanol–water partition coefficient (Wildman–Crippen LogP) is 8.76. The van der Waals surface area contributed by atoms with Gasteiger partial charge in [-0.2, -0.15) is 13.2 Å². The highest BCUT2D eigenvalue weighted by Gasteiger charge is 2.30. The molecule has 0 amide bonds. The van der Waals surface area contributed by atoms with Crippen molar-refractivity contribution in [2.24, 2.45) is 5.92 Å². The van der Waals surface area contributed by atoms with Crippen molar-refractivity contribution in [3.05, 3.63) is 106 Å². The van der Waals surface area contributed by atoms with Crippen molar-refractivity contribution in [3.8, 4) is 33.8 Å². The molecule has 3 N–H and O–H groups in total. The van der Waals surface area contributed by atoms with Gasteiger partial charge in [0.2, 0.25) is 0 Å². The van der Waals surface area contributed by atoms with Crippen molar-refractivity contribution in [1.29, 1.82) is 0 Å². The molecule has 0 aliphatic carbocycles. The van der Waals surface area contributed by atoms with E-state index in [4.69, 9.17) is 16.3 Å². The first kappa shape index (κ1) is 35.7. The van der Waals surface area contributed by atoms with Crippen LogP contribution in [0.3, 0.4) is 0 Å². The Labute approximate surface area is 296 Å². The lowest BCUT2D eigenvalue weighted by Crippen LogP contribution is -2.29. The molecule has 50 heavy (non-hydrogen) atoms. The highest BCUT2D eigenvalue weighted by molar-refractivity contribution is 7.92. The van der Waals surface area contributed by atoms with Gasteiger partial charge in [0.1, 0.15) is 22.2 Å². The third-order valence-electron chi connectivity index (χ3n) is 8.29. The first-order chi connectivity index (χ1) is 24.0. The zero-order valence-corrected chi connectivity index (χ0v) is 28.8. The SMILES string of the molecule is O=S(=O)(Nc1cscn1)c1cc(Cl)c(Oc2ccc(-c3cccc(C(F)(F)F)c3)cc2-c2ccnc(CNCCC3CCNCC3)c2)cc1F. The van der Waals surface area contributed by atoms with Crippen LogP contribution in [0, 0.1) is 11.7 Å². The van der Waals surface area contributed by atoms with Gasteiger partial charge in [-0.25, -0.2) is 17.8 Å². The molecule has 1 aliphatic heterocycles. The number of hydrogen-bond donors (Lipinski definition) is 3. The predicted molar refractivity (Wildman–Crippen MR) is 186 cm³/mol. The first-order valence-electron chi connectivity index (χ1n) is 15.7. The van der Waals surface area contributed by atoms with Gasteiger partial charge in [-0.05, 0) is 104 Å². The summed E-state index contributed by atoms with van der Waals surface area (Å²) < 4.78 is 90.1. The van der Waals surface area contributed by atoms with E-state index in [-0.39, 0.29) is 22.3 Å². The minimum Gasteiger partial charge on any atom is -0.455 e. The van der Waals surface area contributed by atoms with Crippen molar-refractivity contribution in [2.45, 2.75) is 36.9 Å². The molecule has 1 fully saturated rings. The molecule has 8 nitrogen and oxygen atoms in total. The Morgan fingerprint density at radius 2 is 1.76 bits per heavy atom. The van der Waals surface area contributed by atoms with Crippen LogP contribution in [-0.2, 0) is 22.7 Å². The van der Waals surface area contributed by atoms with E-state index in [2.05, 4.69) is 25.3 Å². The molecule has 2 aromatic heterocycles. The lowest BCUT2D eigenvalue weighted by Gasteiger charge is -2.22. The van der Waals surface area contributed by atoms with Gasteiger partial charge < -0.3 is 15.4 Å². The minimum absolute atomic E-state index is 0.0324. The van der Waals surface area contributed by atoms with Crippen LogP contribution in [0.2, 0.25) is 5.02 Å². The maximum absolute atomic E-state index is 15.3. The van der Waals surface area contributed by atoms with E-state index in [1.807, 2.05) is 6.07 Å². The highest BCUT2D eigenvalue weighted by Crippen LogP contribution is 2.41. The average Bonchev–Trinajstić information content (AvgIpc) is 3.61. The number of thiazole rings is 1. The normalized spacial score (nSPS) is 14.1. The van der Waals surface area contributed by atoms with Gasteiger partial charge in [0.15, 0.2) is 5.82 Å². The lowest BCUT2D eigenvalue weighted by molar-refractivity contribution is -0.137. The van der Waals surface area contributed by atoms with E-state index in [1.54, 1.807) is 36.5 Å². The fourth-order valence-corrected chi connectivity index (χ4v) is 7.61. The van der Waals surface area contributed by atoms with E-state index in [9.17, 15) is 21.6 Å². The van der Waals surface area contributed by atoms with Crippen molar-refractivity contribution >= 4 is 38.8 Å². The number of sulfonamides is 1. The molecular weight excluding hydrogens is 714 g/mol. The average molecular weight is 746 g/mol. The van der Waals surface area contributed by atoms with Crippen LogP contribution in [0.1, 0.15) is 30.5 Å². The van der Waals surface area contributed by atoms with Crippen molar-refractivity contribution in [3.63, 3.8) is 0 Å². The van der Waals surface area contributed by atoms with E-state index in [0.717, 1.165) is 80.2 Å². The highest BCUT2D eigenvalue weighted by atomic mass is 35.5. The fraction of sp³-hybridized carbons (Fsp3) is 0.257. The molecule has 0 atom stereocenters. The maximum atomic E-state index is 15.3. The van der Waals surface area contributed by atoms with Gasteiger partial charge >= 0.3 is 6.18 Å². The number of piperidine rings is 1. The molecule has 0 unspecified atom stereocenters. The van der Waals surface area contributed by atoms with Crippen LogP contribution in [0.15, 0.2) is 88.7 Å². The van der Waals surface area contributed by atoms with Gasteiger partial charge in [0.25, 0.3) is 10.0 Å². The Hall–Kier alpha value is -4.08. The summed E-state index contributed by atoms with van der Waals surface area (Å²) in [5.41, 5.74) is 3.28. The molecular formula is C35H32ClF4N5O3S2. The van der Waals surface area contributed by atoms with Gasteiger partial charge in [-0.3, -0.25) is 9.71 Å². The molecule has 1 aliphatic rings. The number of nitrogens with zero attached hydrogens (tertiary/aromatic N) is 2. The van der Waals surface area contributed by atoms with Crippen LogP contribution < -0.4 is 20.1 Å². The Morgan fingerprint density at radius 3 is 2.52 bits per heavy atom. The van der Waals surface area contributed by atoms with Crippen molar-refractivity contribution < 1.29 is 30.7 Å². The lowest BCUT2D eigenvalue weighted by atomic mass is 9.95. The molecule has 3 heterocycles. The summed E-state index contributed by atoms with van der Waals surface area (Å²) in [6.07, 6.45) is 0.448. The quantitative estimate of drug-likeness (QED) is 0.0867. The smallest absolute Gasteiger partial charge is 0.416 e. The van der Waals surface area contributed by atoms with Crippen LogP contribution in [0.5, 0.6) is 11.5 Å². The number of ether oxygens (including phenoxy) is 1. The van der Waals surface area contributed by atoms with E-state index in [1.165, 1.54) is 17.0 Å². The Morgan fingerprint density at radius 1 is 0.960 bits per heavy atom. The van der Waals surface area contributed by atoms with Gasteiger partial charge in [0.05, 0.1) is 21.8 Å².